The Hall–Kier alpha value is -1.80. The van der Waals surface area contributed by atoms with Crippen LogP contribution in [0.25, 0.3) is 0 Å². The van der Waals surface area contributed by atoms with E-state index in [1.54, 1.807) is 17.8 Å². The van der Waals surface area contributed by atoms with Gasteiger partial charge < -0.3 is 19.6 Å². The number of esters is 1. The zero-order chi connectivity index (χ0) is 27.3. The van der Waals surface area contributed by atoms with Crippen LogP contribution in [0, 0.1) is 17.8 Å². The Morgan fingerprint density at radius 2 is 1.92 bits per heavy atom. The molecule has 38 heavy (non-hydrogen) atoms. The minimum Gasteiger partial charge on any atom is -0.465 e. The molecule has 0 aromatic rings. The van der Waals surface area contributed by atoms with E-state index in [2.05, 4.69) is 20.1 Å². The fourth-order valence-electron chi connectivity index (χ4n) is 7.48. The van der Waals surface area contributed by atoms with E-state index in [0.29, 0.717) is 26.1 Å². The van der Waals surface area contributed by atoms with Crippen LogP contribution >= 0.6 is 11.8 Å². The maximum Gasteiger partial charge on any atom is 0.310 e. The summed E-state index contributed by atoms with van der Waals surface area (Å²) in [7, 11) is 0. The number of fused-ring (bicyclic) bond motifs is 1. The number of amides is 2. The number of thioether (sulfide) groups is 1. The van der Waals surface area contributed by atoms with E-state index in [9.17, 15) is 19.5 Å². The molecule has 1 spiro atoms. The molecule has 3 aliphatic heterocycles. The second kappa shape index (κ2) is 13.0. The van der Waals surface area contributed by atoms with Gasteiger partial charge in [-0.3, -0.25) is 14.4 Å². The van der Waals surface area contributed by atoms with Crippen LogP contribution in [-0.4, -0.2) is 81.1 Å². The number of carbonyl (C=O) groups excluding carboxylic acids is 3. The monoisotopic (exact) mass is 546 g/mol. The molecule has 212 valence electrons. The molecule has 4 fully saturated rings. The molecule has 1 aliphatic carbocycles. The molecule has 2 amide bonds. The molecule has 7 nitrogen and oxygen atoms in total. The zero-order valence-corrected chi connectivity index (χ0v) is 23.8. The third kappa shape index (κ3) is 5.32. The Morgan fingerprint density at radius 1 is 1.16 bits per heavy atom. The lowest BCUT2D eigenvalue weighted by molar-refractivity contribution is -0.154. The predicted octanol–water partition coefficient (Wildman–Crippen LogP) is 4.34. The van der Waals surface area contributed by atoms with Gasteiger partial charge >= 0.3 is 5.97 Å². The highest BCUT2D eigenvalue weighted by Crippen LogP contribution is 2.68. The number of aliphatic hydroxyl groups is 1. The first-order valence-corrected chi connectivity index (χ1v) is 15.6. The van der Waals surface area contributed by atoms with Crippen molar-refractivity contribution in [2.45, 2.75) is 99.6 Å². The highest BCUT2D eigenvalue weighted by atomic mass is 32.2. The fourth-order valence-corrected chi connectivity index (χ4v) is 9.89. The summed E-state index contributed by atoms with van der Waals surface area (Å²) < 4.78 is 5.07. The topological polar surface area (TPSA) is 87.1 Å². The van der Waals surface area contributed by atoms with Crippen LogP contribution in [0.2, 0.25) is 0 Å². The first-order valence-electron chi connectivity index (χ1n) is 14.7. The molecule has 3 unspecified atom stereocenters. The number of hydrogen-bond acceptors (Lipinski definition) is 6. The molecule has 0 aromatic carbocycles. The van der Waals surface area contributed by atoms with Crippen molar-refractivity contribution in [2.75, 3.05) is 26.3 Å². The van der Waals surface area contributed by atoms with E-state index in [-0.39, 0.29) is 41.6 Å². The molecule has 4 rings (SSSR count). The molecule has 6 atom stereocenters. The SMILES string of the molecule is C=CCCCOC(=O)[C@@H]1[C@H]2C(=O)N(CCCCCO)C(C(=O)N(CC=C)C3CCCCC3)C23S[C@@H]1CC3C. The second-order valence-corrected chi connectivity index (χ2v) is 13.1. The van der Waals surface area contributed by atoms with Crippen LogP contribution in [0.1, 0.15) is 77.6 Å². The molecule has 4 aliphatic rings. The van der Waals surface area contributed by atoms with Crippen molar-refractivity contribution in [3.8, 4) is 0 Å². The fraction of sp³-hybridized carbons (Fsp3) is 0.767. The van der Waals surface area contributed by atoms with Crippen molar-refractivity contribution < 1.29 is 24.2 Å². The van der Waals surface area contributed by atoms with Crippen molar-refractivity contribution in [1.29, 1.82) is 0 Å². The Kier molecular flexibility index (Phi) is 10.0. The van der Waals surface area contributed by atoms with E-state index in [1.807, 2.05) is 15.9 Å². The summed E-state index contributed by atoms with van der Waals surface area (Å²) in [6.07, 6.45) is 13.5. The van der Waals surface area contributed by atoms with Gasteiger partial charge in [-0.2, -0.15) is 0 Å². The molecule has 0 aromatic heterocycles. The molecule has 3 heterocycles. The number of allylic oxidation sites excluding steroid dienone is 1. The Balaban J connectivity index is 1.66. The lowest BCUT2D eigenvalue weighted by Gasteiger charge is -2.43. The van der Waals surface area contributed by atoms with Gasteiger partial charge in [-0.25, -0.2) is 0 Å². The Bertz CT molecular complexity index is 890. The van der Waals surface area contributed by atoms with Gasteiger partial charge in [0.05, 0.1) is 23.2 Å². The number of likely N-dealkylation sites (tertiary alicyclic amines) is 1. The summed E-state index contributed by atoms with van der Waals surface area (Å²) in [6, 6.07) is -0.417. The molecule has 3 saturated heterocycles. The average molecular weight is 547 g/mol. The third-order valence-corrected chi connectivity index (χ3v) is 11.3. The van der Waals surface area contributed by atoms with Crippen LogP contribution in [0.15, 0.2) is 25.3 Å². The van der Waals surface area contributed by atoms with Crippen molar-refractivity contribution in [1.82, 2.24) is 9.80 Å². The van der Waals surface area contributed by atoms with Crippen LogP contribution in [0.3, 0.4) is 0 Å². The van der Waals surface area contributed by atoms with E-state index >= 15 is 0 Å². The van der Waals surface area contributed by atoms with Crippen molar-refractivity contribution in [3.63, 3.8) is 0 Å². The lowest BCUT2D eigenvalue weighted by atomic mass is 9.66. The largest absolute Gasteiger partial charge is 0.465 e. The van der Waals surface area contributed by atoms with E-state index in [1.165, 1.54) is 6.42 Å². The van der Waals surface area contributed by atoms with Gasteiger partial charge in [-0.1, -0.05) is 38.3 Å². The van der Waals surface area contributed by atoms with E-state index in [4.69, 9.17) is 4.74 Å². The number of rotatable bonds is 14. The molecular formula is C30H46N2O5S. The minimum absolute atomic E-state index is 0.000211. The van der Waals surface area contributed by atoms with Gasteiger partial charge in [-0.05, 0) is 57.3 Å². The molecule has 8 heteroatoms. The van der Waals surface area contributed by atoms with E-state index < -0.39 is 22.6 Å². The maximum absolute atomic E-state index is 14.6. The van der Waals surface area contributed by atoms with Gasteiger partial charge in [0.25, 0.3) is 0 Å². The normalized spacial score (nSPS) is 32.3. The minimum atomic E-state index is -0.616. The van der Waals surface area contributed by atoms with E-state index in [0.717, 1.165) is 57.8 Å². The highest BCUT2D eigenvalue weighted by Gasteiger charge is 2.76. The number of unbranched alkanes of at least 4 members (excludes halogenated alkanes) is 3. The molecule has 1 N–H and O–H groups in total. The third-order valence-electron chi connectivity index (χ3n) is 9.23. The number of aliphatic hydroxyl groups excluding tert-OH is 1. The summed E-state index contributed by atoms with van der Waals surface area (Å²) >= 11 is 1.71. The standard InChI is InChI=1S/C30H46N2O5S/c1-4-6-13-19-37-29(36)24-23-20-21(3)30(38-23)25(24)27(34)32(17-11-8-12-18-33)26(30)28(35)31(16-5-2)22-14-9-7-10-15-22/h4-5,21-26,33H,1-2,6-20H2,3H3/t21?,23-,24+,25+,26?,30?/m1/s1. The molecular weight excluding hydrogens is 500 g/mol. The van der Waals surface area contributed by atoms with Crippen LogP contribution in [0.4, 0.5) is 0 Å². The maximum atomic E-state index is 14.6. The van der Waals surface area contributed by atoms with Crippen LogP contribution < -0.4 is 0 Å². The summed E-state index contributed by atoms with van der Waals surface area (Å²) in [6.45, 7) is 11.2. The summed E-state index contributed by atoms with van der Waals surface area (Å²) in [5.41, 5.74) is 0. The van der Waals surface area contributed by atoms with Crippen molar-refractivity contribution >= 4 is 29.5 Å². The number of carbonyl (C=O) groups is 3. The van der Waals surface area contributed by atoms with Gasteiger partial charge in [0.1, 0.15) is 6.04 Å². The quantitative estimate of drug-likeness (QED) is 0.198. The Morgan fingerprint density at radius 3 is 2.61 bits per heavy atom. The van der Waals surface area contributed by atoms with Crippen LogP contribution in [-0.2, 0) is 19.1 Å². The predicted molar refractivity (Wildman–Crippen MR) is 150 cm³/mol. The highest BCUT2D eigenvalue weighted by molar-refractivity contribution is 8.02. The first kappa shape index (κ1) is 29.2. The molecule has 0 radical (unpaired) electrons. The number of hydrogen-bond donors (Lipinski definition) is 1. The number of nitrogens with zero attached hydrogens (tertiary/aromatic N) is 2. The van der Waals surface area contributed by atoms with Gasteiger partial charge in [0.15, 0.2) is 0 Å². The van der Waals surface area contributed by atoms with Crippen molar-refractivity contribution in [2.24, 2.45) is 17.8 Å². The molecule has 2 bridgehead atoms. The Labute approximate surface area is 232 Å². The lowest BCUT2D eigenvalue weighted by Crippen LogP contribution is -2.59. The van der Waals surface area contributed by atoms with Gasteiger partial charge in [-0.15, -0.1) is 24.9 Å². The first-order chi connectivity index (χ1) is 18.4. The number of ether oxygens (including phenoxy) is 1. The molecule has 1 saturated carbocycles. The second-order valence-electron chi connectivity index (χ2n) is 11.5. The zero-order valence-electron chi connectivity index (χ0n) is 23.0. The van der Waals surface area contributed by atoms with Crippen LogP contribution in [0.5, 0.6) is 0 Å². The summed E-state index contributed by atoms with van der Waals surface area (Å²) in [5.74, 6) is -1.23. The average Bonchev–Trinajstić information content (AvgIpc) is 3.51. The summed E-state index contributed by atoms with van der Waals surface area (Å²) in [5, 5.41) is 9.27. The van der Waals surface area contributed by atoms with Crippen molar-refractivity contribution in [3.05, 3.63) is 25.3 Å². The van der Waals surface area contributed by atoms with Gasteiger partial charge in [0, 0.05) is 31.0 Å². The summed E-state index contributed by atoms with van der Waals surface area (Å²) in [4.78, 5) is 46.0. The smallest absolute Gasteiger partial charge is 0.310 e. The van der Waals surface area contributed by atoms with Gasteiger partial charge in [0.2, 0.25) is 11.8 Å².